The van der Waals surface area contributed by atoms with Crippen LogP contribution >= 0.6 is 0 Å². The Hall–Kier alpha value is -1.76. The fraction of sp³-hybridized carbons (Fsp3) is 0. The predicted octanol–water partition coefficient (Wildman–Crippen LogP) is 3.59. The molecule has 0 N–H and O–H groups in total. The minimum absolute atomic E-state index is 0.885. The van der Waals surface area contributed by atoms with E-state index in [4.69, 9.17) is 4.42 Å². The maximum absolute atomic E-state index is 5.31. The molecule has 0 aliphatic rings. The smallest absolute Gasteiger partial charge is 0.134 e. The van der Waals surface area contributed by atoms with Gasteiger partial charge in [0.05, 0.1) is 6.26 Å². The topological polar surface area (TPSA) is 13.1 Å². The molecule has 13 heavy (non-hydrogen) atoms. The molecule has 1 heteroatoms. The fourth-order valence-corrected chi connectivity index (χ4v) is 1.33. The Morgan fingerprint density at radius 2 is 1.92 bits per heavy atom. The summed E-state index contributed by atoms with van der Waals surface area (Å²) in [5.74, 6) is 0.885. The van der Waals surface area contributed by atoms with Gasteiger partial charge in [-0.25, -0.2) is 0 Å². The lowest BCUT2D eigenvalue weighted by molar-refractivity contribution is 0.582. The Labute approximate surface area is 77.3 Å². The van der Waals surface area contributed by atoms with E-state index in [1.165, 1.54) is 0 Å². The molecule has 64 valence electrons. The van der Waals surface area contributed by atoms with Crippen LogP contribution in [0, 0.1) is 0 Å². The van der Waals surface area contributed by atoms with Crippen molar-refractivity contribution in [1.82, 2.24) is 0 Å². The summed E-state index contributed by atoms with van der Waals surface area (Å²) in [6, 6.07) is 11.9. The molecular weight excluding hydrogens is 160 g/mol. The van der Waals surface area contributed by atoms with Crippen LogP contribution in [0.1, 0.15) is 5.56 Å². The highest BCUT2D eigenvalue weighted by Crippen LogP contribution is 2.24. The molecule has 2 aromatic rings. The van der Waals surface area contributed by atoms with Crippen LogP contribution in [0.5, 0.6) is 0 Å². The van der Waals surface area contributed by atoms with Crippen LogP contribution in [0.4, 0.5) is 0 Å². The minimum atomic E-state index is 0.885. The summed E-state index contributed by atoms with van der Waals surface area (Å²) >= 11 is 0. The normalized spacial score (nSPS) is 9.85. The molecule has 0 saturated carbocycles. The van der Waals surface area contributed by atoms with E-state index in [2.05, 4.69) is 6.58 Å². The molecular formula is C12H10O. The number of rotatable bonds is 2. The van der Waals surface area contributed by atoms with Gasteiger partial charge in [-0.3, -0.25) is 0 Å². The van der Waals surface area contributed by atoms with Crippen LogP contribution in [0.25, 0.3) is 17.4 Å². The van der Waals surface area contributed by atoms with Crippen LogP contribution in [-0.2, 0) is 0 Å². The van der Waals surface area contributed by atoms with Gasteiger partial charge in [-0.2, -0.15) is 0 Å². The number of benzene rings is 1. The molecule has 0 spiro atoms. The molecule has 0 atom stereocenters. The minimum Gasteiger partial charge on any atom is -0.464 e. The van der Waals surface area contributed by atoms with Crippen molar-refractivity contribution < 1.29 is 4.42 Å². The van der Waals surface area contributed by atoms with Crippen molar-refractivity contribution >= 4 is 6.08 Å². The lowest BCUT2D eigenvalue weighted by Gasteiger charge is -2.00. The highest BCUT2D eigenvalue weighted by molar-refractivity contribution is 5.71. The number of hydrogen-bond acceptors (Lipinski definition) is 1. The lowest BCUT2D eigenvalue weighted by Crippen LogP contribution is -1.78. The summed E-state index contributed by atoms with van der Waals surface area (Å²) in [6.07, 6.45) is 3.51. The van der Waals surface area contributed by atoms with E-state index < -0.39 is 0 Å². The third-order valence-corrected chi connectivity index (χ3v) is 1.97. The summed E-state index contributed by atoms with van der Waals surface area (Å²) in [6.45, 7) is 3.76. The van der Waals surface area contributed by atoms with Gasteiger partial charge in [0.25, 0.3) is 0 Å². The van der Waals surface area contributed by atoms with Crippen LogP contribution < -0.4 is 0 Å². The highest BCUT2D eigenvalue weighted by Gasteiger charge is 2.02. The first-order valence-electron chi connectivity index (χ1n) is 4.17. The Kier molecular flexibility index (Phi) is 2.01. The van der Waals surface area contributed by atoms with Gasteiger partial charge in [0, 0.05) is 5.56 Å². The van der Waals surface area contributed by atoms with E-state index in [1.807, 2.05) is 42.5 Å². The zero-order valence-corrected chi connectivity index (χ0v) is 7.23. The molecule has 1 heterocycles. The summed E-state index contributed by atoms with van der Waals surface area (Å²) in [5.41, 5.74) is 2.18. The van der Waals surface area contributed by atoms with E-state index >= 15 is 0 Å². The molecule has 2 rings (SSSR count). The van der Waals surface area contributed by atoms with Crippen molar-refractivity contribution in [3.63, 3.8) is 0 Å². The Bertz CT molecular complexity index is 399. The second-order valence-electron chi connectivity index (χ2n) is 2.77. The largest absolute Gasteiger partial charge is 0.464 e. The Balaban J connectivity index is 2.57. The molecule has 0 fully saturated rings. The second-order valence-corrected chi connectivity index (χ2v) is 2.77. The SMILES string of the molecule is C=Cc1ccccc1-c1ccco1. The fourth-order valence-electron chi connectivity index (χ4n) is 1.33. The molecule has 0 aliphatic carbocycles. The predicted molar refractivity (Wildman–Crippen MR) is 54.2 cm³/mol. The summed E-state index contributed by atoms with van der Waals surface area (Å²) < 4.78 is 5.31. The Morgan fingerprint density at radius 3 is 2.62 bits per heavy atom. The zero-order valence-electron chi connectivity index (χ0n) is 7.23. The molecule has 1 nitrogen and oxygen atoms in total. The summed E-state index contributed by atoms with van der Waals surface area (Å²) in [7, 11) is 0. The molecule has 0 radical (unpaired) electrons. The zero-order chi connectivity index (χ0) is 9.10. The lowest BCUT2D eigenvalue weighted by atomic mass is 10.1. The van der Waals surface area contributed by atoms with Crippen molar-refractivity contribution in [1.29, 1.82) is 0 Å². The van der Waals surface area contributed by atoms with Crippen molar-refractivity contribution in [3.8, 4) is 11.3 Å². The van der Waals surface area contributed by atoms with E-state index in [9.17, 15) is 0 Å². The molecule has 1 aromatic heterocycles. The van der Waals surface area contributed by atoms with Crippen molar-refractivity contribution in [2.24, 2.45) is 0 Å². The van der Waals surface area contributed by atoms with Crippen LogP contribution in [0.2, 0.25) is 0 Å². The molecule has 0 bridgehead atoms. The van der Waals surface area contributed by atoms with Crippen molar-refractivity contribution in [3.05, 3.63) is 54.8 Å². The van der Waals surface area contributed by atoms with Gasteiger partial charge in [-0.15, -0.1) is 0 Å². The van der Waals surface area contributed by atoms with Gasteiger partial charge in [-0.1, -0.05) is 36.9 Å². The molecule has 0 amide bonds. The summed E-state index contributed by atoms with van der Waals surface area (Å²) in [4.78, 5) is 0. The first-order valence-corrected chi connectivity index (χ1v) is 4.17. The van der Waals surface area contributed by atoms with Gasteiger partial charge in [0.1, 0.15) is 5.76 Å². The molecule has 0 aliphatic heterocycles. The Morgan fingerprint density at radius 1 is 1.08 bits per heavy atom. The summed E-state index contributed by atoms with van der Waals surface area (Å²) in [5, 5.41) is 0. The number of furan rings is 1. The van der Waals surface area contributed by atoms with E-state index in [0.29, 0.717) is 0 Å². The standard InChI is InChI=1S/C12H10O/c1-2-10-6-3-4-7-11(10)12-8-5-9-13-12/h2-9H,1H2. The van der Waals surface area contributed by atoms with Gasteiger partial charge in [0.15, 0.2) is 0 Å². The first-order chi connectivity index (χ1) is 6.42. The quantitative estimate of drug-likeness (QED) is 0.671. The van der Waals surface area contributed by atoms with Crippen LogP contribution in [-0.4, -0.2) is 0 Å². The van der Waals surface area contributed by atoms with E-state index in [1.54, 1.807) is 6.26 Å². The van der Waals surface area contributed by atoms with Crippen molar-refractivity contribution in [2.75, 3.05) is 0 Å². The molecule has 0 unspecified atom stereocenters. The van der Waals surface area contributed by atoms with Crippen LogP contribution in [0.15, 0.2) is 53.7 Å². The third kappa shape index (κ3) is 1.41. The maximum Gasteiger partial charge on any atom is 0.134 e. The third-order valence-electron chi connectivity index (χ3n) is 1.97. The monoisotopic (exact) mass is 170 g/mol. The van der Waals surface area contributed by atoms with Gasteiger partial charge in [0.2, 0.25) is 0 Å². The average Bonchev–Trinajstić information content (AvgIpc) is 2.70. The van der Waals surface area contributed by atoms with Crippen LogP contribution in [0.3, 0.4) is 0 Å². The maximum atomic E-state index is 5.31. The first kappa shape index (κ1) is 7.87. The molecule has 0 saturated heterocycles. The van der Waals surface area contributed by atoms with E-state index in [-0.39, 0.29) is 0 Å². The second kappa shape index (κ2) is 3.31. The van der Waals surface area contributed by atoms with Gasteiger partial charge in [-0.05, 0) is 17.7 Å². The average molecular weight is 170 g/mol. The van der Waals surface area contributed by atoms with Gasteiger partial charge >= 0.3 is 0 Å². The van der Waals surface area contributed by atoms with E-state index in [0.717, 1.165) is 16.9 Å². The van der Waals surface area contributed by atoms with Gasteiger partial charge < -0.3 is 4.42 Å². The highest BCUT2D eigenvalue weighted by atomic mass is 16.3. The van der Waals surface area contributed by atoms with Crippen molar-refractivity contribution in [2.45, 2.75) is 0 Å². The molecule has 1 aromatic carbocycles. The number of hydrogen-bond donors (Lipinski definition) is 0.